The highest BCUT2D eigenvalue weighted by atomic mass is 16.7. The molecule has 274 valence electrons. The van der Waals surface area contributed by atoms with Crippen LogP contribution in [0.25, 0.3) is 0 Å². The summed E-state index contributed by atoms with van der Waals surface area (Å²) >= 11 is 0. The second-order valence-electron chi connectivity index (χ2n) is 15.2. The standard InChI is InChI=1S/C35H59N3O10/c1-21(5-10-32(44)45)24-6-7-25-33-26(19-28(40)35(24,25)3)34(2)12-11-23(17-22(34)18-27(33)39)48-38-30(42)9-8-29(41)37-13-14-46-15-16-47-20-31(43)36-4/h21-28,33,39-40H,5-20H2,1-4H3,(H,36,43)(H,37,41)(H,38,42)(H,44,45)/t21-,22+,23+,24-,25?,26+,27-,28+,33+,34+,35-/m1/s1. The van der Waals surface area contributed by atoms with Gasteiger partial charge in [0.15, 0.2) is 0 Å². The van der Waals surface area contributed by atoms with E-state index in [1.165, 1.54) is 7.05 Å². The summed E-state index contributed by atoms with van der Waals surface area (Å²) in [6, 6.07) is 0. The number of fused-ring (bicyclic) bond motifs is 5. The Morgan fingerprint density at radius 3 is 2.33 bits per heavy atom. The number of rotatable bonds is 17. The SMILES string of the molecule is CNC(=O)COCCOCCNC(=O)CCC(=O)NO[C@H]1CC[C@@]2(C)[C@@H](C1)C[C@@H](O)[C@H]1C3CC[C@H]([C@H](C)CCC(=O)O)[C@@]3(C)[C@@H](O)C[C@@H]12. The lowest BCUT2D eigenvalue weighted by Gasteiger charge is -2.63. The summed E-state index contributed by atoms with van der Waals surface area (Å²) < 4.78 is 10.5. The third-order valence-corrected chi connectivity index (χ3v) is 12.7. The van der Waals surface area contributed by atoms with Crippen LogP contribution < -0.4 is 16.1 Å². The molecule has 4 aliphatic rings. The second-order valence-corrected chi connectivity index (χ2v) is 15.2. The van der Waals surface area contributed by atoms with Crippen LogP contribution in [-0.4, -0.2) is 97.3 Å². The average Bonchev–Trinajstić information content (AvgIpc) is 3.41. The number of aliphatic hydroxyl groups excluding tert-OH is 2. The number of aliphatic carboxylic acids is 1. The van der Waals surface area contributed by atoms with E-state index in [4.69, 9.17) is 14.3 Å². The van der Waals surface area contributed by atoms with E-state index < -0.39 is 18.2 Å². The van der Waals surface area contributed by atoms with Crippen LogP contribution in [-0.2, 0) is 33.5 Å². The number of amides is 3. The molecule has 4 fully saturated rings. The highest BCUT2D eigenvalue weighted by Gasteiger charge is 2.65. The number of carbonyl (C=O) groups excluding carboxylic acids is 3. The van der Waals surface area contributed by atoms with Crippen LogP contribution in [0.15, 0.2) is 0 Å². The van der Waals surface area contributed by atoms with Crippen molar-refractivity contribution in [3.63, 3.8) is 0 Å². The van der Waals surface area contributed by atoms with Gasteiger partial charge in [-0.05, 0) is 97.7 Å². The van der Waals surface area contributed by atoms with Crippen LogP contribution in [0.1, 0.15) is 91.4 Å². The fourth-order valence-corrected chi connectivity index (χ4v) is 10.0. The molecule has 6 N–H and O–H groups in total. The Morgan fingerprint density at radius 1 is 0.875 bits per heavy atom. The number of likely N-dealkylation sites (N-methyl/N-ethyl adjacent to an activating group) is 1. The Hall–Kier alpha value is -2.32. The van der Waals surface area contributed by atoms with E-state index in [0.29, 0.717) is 38.8 Å². The van der Waals surface area contributed by atoms with Gasteiger partial charge in [-0.25, -0.2) is 5.48 Å². The molecule has 13 nitrogen and oxygen atoms in total. The topological polar surface area (TPSA) is 193 Å². The number of carboxylic acids is 1. The summed E-state index contributed by atoms with van der Waals surface area (Å²) in [4.78, 5) is 52.8. The third-order valence-electron chi connectivity index (χ3n) is 12.7. The van der Waals surface area contributed by atoms with Crippen LogP contribution in [0.5, 0.6) is 0 Å². The molecule has 0 aromatic carbocycles. The molecule has 11 atom stereocenters. The van der Waals surface area contributed by atoms with Gasteiger partial charge in [0.1, 0.15) is 6.61 Å². The molecule has 0 aromatic heterocycles. The Balaban J connectivity index is 1.19. The number of carboxylic acid groups (broad SMARTS) is 1. The molecule has 0 heterocycles. The first-order valence-electron chi connectivity index (χ1n) is 18.0. The van der Waals surface area contributed by atoms with Crippen molar-refractivity contribution in [3.05, 3.63) is 0 Å². The van der Waals surface area contributed by atoms with E-state index in [0.717, 1.165) is 25.7 Å². The van der Waals surface area contributed by atoms with Gasteiger partial charge in [0, 0.05) is 32.9 Å². The lowest BCUT2D eigenvalue weighted by molar-refractivity contribution is -0.212. The molecule has 4 rings (SSSR count). The zero-order valence-corrected chi connectivity index (χ0v) is 29.2. The van der Waals surface area contributed by atoms with Gasteiger partial charge < -0.3 is 35.4 Å². The summed E-state index contributed by atoms with van der Waals surface area (Å²) in [6.07, 6.45) is 5.17. The fraction of sp³-hybridized carbons (Fsp3) is 0.886. The first-order valence-corrected chi connectivity index (χ1v) is 18.0. The second kappa shape index (κ2) is 17.1. The molecule has 4 saturated carbocycles. The van der Waals surface area contributed by atoms with Crippen LogP contribution in [0.2, 0.25) is 0 Å². The van der Waals surface area contributed by atoms with E-state index in [-0.39, 0.29) is 109 Å². The highest BCUT2D eigenvalue weighted by molar-refractivity contribution is 5.83. The van der Waals surface area contributed by atoms with E-state index in [9.17, 15) is 34.5 Å². The van der Waals surface area contributed by atoms with Gasteiger partial charge in [0.25, 0.3) is 0 Å². The molecule has 1 unspecified atom stereocenters. The monoisotopic (exact) mass is 681 g/mol. The van der Waals surface area contributed by atoms with Gasteiger partial charge >= 0.3 is 5.97 Å². The number of hydrogen-bond acceptors (Lipinski definition) is 9. The summed E-state index contributed by atoms with van der Waals surface area (Å²) in [5.74, 6) is -0.491. The summed E-state index contributed by atoms with van der Waals surface area (Å²) in [7, 11) is 1.53. The minimum absolute atomic E-state index is 0.00960. The van der Waals surface area contributed by atoms with Crippen molar-refractivity contribution in [2.24, 2.45) is 46.3 Å². The van der Waals surface area contributed by atoms with Crippen LogP contribution in [0.3, 0.4) is 0 Å². The predicted molar refractivity (Wildman–Crippen MR) is 175 cm³/mol. The van der Waals surface area contributed by atoms with Crippen LogP contribution >= 0.6 is 0 Å². The number of hydrogen-bond donors (Lipinski definition) is 6. The van der Waals surface area contributed by atoms with Crippen LogP contribution in [0, 0.1) is 46.3 Å². The Bertz CT molecular complexity index is 1120. The Kier molecular flexibility index (Phi) is 13.7. The maximum absolute atomic E-state index is 12.5. The third kappa shape index (κ3) is 8.88. The zero-order chi connectivity index (χ0) is 35.1. The minimum Gasteiger partial charge on any atom is -0.481 e. The van der Waals surface area contributed by atoms with Crippen molar-refractivity contribution in [2.75, 3.05) is 40.0 Å². The van der Waals surface area contributed by atoms with E-state index in [1.54, 1.807) is 0 Å². The summed E-state index contributed by atoms with van der Waals surface area (Å²) in [5, 5.41) is 37.8. The number of aliphatic hydroxyl groups is 2. The van der Waals surface area contributed by atoms with Gasteiger partial charge in [-0.2, -0.15) is 0 Å². The Labute approximate surface area is 284 Å². The number of nitrogens with one attached hydrogen (secondary N) is 3. The normalized spacial score (nSPS) is 36.2. The zero-order valence-electron chi connectivity index (χ0n) is 29.2. The number of carbonyl (C=O) groups is 4. The van der Waals surface area contributed by atoms with Gasteiger partial charge in [0.2, 0.25) is 17.7 Å². The molecular weight excluding hydrogens is 622 g/mol. The Morgan fingerprint density at radius 2 is 1.60 bits per heavy atom. The first kappa shape index (κ1) is 38.5. The summed E-state index contributed by atoms with van der Waals surface area (Å²) in [5.41, 5.74) is 2.16. The molecule has 0 aliphatic heterocycles. The molecule has 0 radical (unpaired) electrons. The number of hydroxylamine groups is 1. The van der Waals surface area contributed by atoms with E-state index in [1.807, 2.05) is 0 Å². The van der Waals surface area contributed by atoms with Crippen molar-refractivity contribution in [3.8, 4) is 0 Å². The van der Waals surface area contributed by atoms with Crippen molar-refractivity contribution >= 4 is 23.7 Å². The summed E-state index contributed by atoms with van der Waals surface area (Å²) in [6.45, 7) is 7.76. The maximum atomic E-state index is 12.5. The fourth-order valence-electron chi connectivity index (χ4n) is 10.0. The van der Waals surface area contributed by atoms with Gasteiger partial charge in [-0.3, -0.25) is 24.0 Å². The van der Waals surface area contributed by atoms with Crippen molar-refractivity contribution in [1.29, 1.82) is 0 Å². The molecular formula is C35H59N3O10. The molecule has 0 bridgehead atoms. The van der Waals surface area contributed by atoms with Crippen LogP contribution in [0.4, 0.5) is 0 Å². The molecule has 0 spiro atoms. The lowest BCUT2D eigenvalue weighted by atomic mass is 9.43. The molecule has 13 heteroatoms. The molecule has 48 heavy (non-hydrogen) atoms. The maximum Gasteiger partial charge on any atom is 0.303 e. The van der Waals surface area contributed by atoms with Gasteiger partial charge in [-0.1, -0.05) is 20.8 Å². The molecule has 3 amide bonds. The van der Waals surface area contributed by atoms with Gasteiger partial charge in [0.05, 0.1) is 38.1 Å². The van der Waals surface area contributed by atoms with E-state index >= 15 is 0 Å². The van der Waals surface area contributed by atoms with Crippen molar-refractivity contribution in [2.45, 2.75) is 110 Å². The van der Waals surface area contributed by atoms with E-state index in [2.05, 4.69) is 36.9 Å². The highest BCUT2D eigenvalue weighted by Crippen LogP contribution is 2.68. The predicted octanol–water partition coefficient (Wildman–Crippen LogP) is 2.18. The van der Waals surface area contributed by atoms with Crippen molar-refractivity contribution in [1.82, 2.24) is 16.1 Å². The minimum atomic E-state index is -0.784. The molecule has 0 aromatic rings. The molecule has 0 saturated heterocycles. The van der Waals surface area contributed by atoms with Crippen molar-refractivity contribution < 1.29 is 48.8 Å². The largest absolute Gasteiger partial charge is 0.481 e. The first-order chi connectivity index (χ1) is 22.8. The number of ether oxygens (including phenoxy) is 2. The quantitative estimate of drug-likeness (QED) is 0.0980. The molecule has 4 aliphatic carbocycles. The average molecular weight is 682 g/mol. The van der Waals surface area contributed by atoms with Gasteiger partial charge in [-0.15, -0.1) is 0 Å². The smallest absolute Gasteiger partial charge is 0.303 e. The lowest BCUT2D eigenvalue weighted by Crippen LogP contribution is -2.62.